The number of hydrogen-bond donors (Lipinski definition) is 1. The number of anilines is 1. The van der Waals surface area contributed by atoms with E-state index in [0.29, 0.717) is 17.0 Å². The maximum absolute atomic E-state index is 15.3. The first kappa shape index (κ1) is 15.4. The SMILES string of the molecule is Nc1cc(Oc2c(C3CCC3)ccc(-c3cncnc3)c2F)ncn1. The number of nitrogen functional groups attached to an aromatic ring is 1. The van der Waals surface area contributed by atoms with Gasteiger partial charge in [-0.05, 0) is 18.8 Å². The molecule has 0 unspecified atom stereocenters. The fourth-order valence-electron chi connectivity index (χ4n) is 2.89. The fourth-order valence-corrected chi connectivity index (χ4v) is 2.89. The van der Waals surface area contributed by atoms with Crippen LogP contribution < -0.4 is 10.5 Å². The van der Waals surface area contributed by atoms with Gasteiger partial charge in [0.2, 0.25) is 5.88 Å². The topological polar surface area (TPSA) is 86.8 Å². The highest BCUT2D eigenvalue weighted by Gasteiger charge is 2.27. The first-order chi connectivity index (χ1) is 12.2. The van der Waals surface area contributed by atoms with E-state index >= 15 is 4.39 Å². The van der Waals surface area contributed by atoms with Crippen molar-refractivity contribution in [2.45, 2.75) is 25.2 Å². The smallest absolute Gasteiger partial charge is 0.224 e. The van der Waals surface area contributed by atoms with Crippen molar-refractivity contribution >= 4 is 5.82 Å². The maximum Gasteiger partial charge on any atom is 0.224 e. The Balaban J connectivity index is 1.80. The highest BCUT2D eigenvalue weighted by molar-refractivity contribution is 5.66. The monoisotopic (exact) mass is 337 g/mol. The molecule has 7 heteroatoms. The van der Waals surface area contributed by atoms with E-state index in [4.69, 9.17) is 10.5 Å². The Hall–Kier alpha value is -3.09. The van der Waals surface area contributed by atoms with Gasteiger partial charge in [0.05, 0.1) is 0 Å². The predicted octanol–water partition coefficient (Wildman–Crippen LogP) is 3.71. The molecule has 6 nitrogen and oxygen atoms in total. The predicted molar refractivity (Wildman–Crippen MR) is 90.5 cm³/mol. The van der Waals surface area contributed by atoms with Gasteiger partial charge in [-0.3, -0.25) is 0 Å². The Bertz CT molecular complexity index is 899. The van der Waals surface area contributed by atoms with Gasteiger partial charge in [-0.2, -0.15) is 0 Å². The third kappa shape index (κ3) is 3.00. The summed E-state index contributed by atoms with van der Waals surface area (Å²) in [7, 11) is 0. The molecule has 0 atom stereocenters. The zero-order valence-corrected chi connectivity index (χ0v) is 13.4. The molecule has 1 aliphatic carbocycles. The van der Waals surface area contributed by atoms with Crippen LogP contribution in [0.4, 0.5) is 10.2 Å². The van der Waals surface area contributed by atoms with Crippen LogP contribution >= 0.6 is 0 Å². The number of nitrogens with zero attached hydrogens (tertiary/aromatic N) is 4. The molecule has 2 N–H and O–H groups in total. The van der Waals surface area contributed by atoms with Crippen LogP contribution in [-0.4, -0.2) is 19.9 Å². The van der Waals surface area contributed by atoms with Crippen molar-refractivity contribution in [2.24, 2.45) is 0 Å². The summed E-state index contributed by atoms with van der Waals surface area (Å²) in [5, 5.41) is 0. The summed E-state index contributed by atoms with van der Waals surface area (Å²) >= 11 is 0. The molecule has 0 saturated heterocycles. The Morgan fingerprint density at radius 2 is 1.88 bits per heavy atom. The summed E-state index contributed by atoms with van der Waals surface area (Å²) in [5.74, 6) is 0.516. The molecule has 1 fully saturated rings. The molecule has 3 aromatic rings. The first-order valence-electron chi connectivity index (χ1n) is 8.05. The number of benzene rings is 1. The molecule has 1 aromatic carbocycles. The second kappa shape index (κ2) is 6.43. The molecule has 4 rings (SSSR count). The molecule has 126 valence electrons. The summed E-state index contributed by atoms with van der Waals surface area (Å²) in [6.45, 7) is 0. The normalized spacial score (nSPS) is 14.1. The Labute approximate surface area is 143 Å². The zero-order valence-electron chi connectivity index (χ0n) is 13.4. The number of rotatable bonds is 4. The lowest BCUT2D eigenvalue weighted by Crippen LogP contribution is -2.11. The average Bonchev–Trinajstić information content (AvgIpc) is 2.57. The van der Waals surface area contributed by atoms with Crippen molar-refractivity contribution in [3.63, 3.8) is 0 Å². The number of nitrogens with two attached hydrogens (primary N) is 1. The highest BCUT2D eigenvalue weighted by atomic mass is 19.1. The van der Waals surface area contributed by atoms with E-state index in [2.05, 4.69) is 19.9 Å². The van der Waals surface area contributed by atoms with E-state index in [1.165, 1.54) is 18.7 Å². The molecular weight excluding hydrogens is 321 g/mol. The standard InChI is InChI=1S/C18H16FN5O/c19-17-13(12-7-21-9-22-8-12)4-5-14(11-2-1-3-11)18(17)25-16-6-15(20)23-10-24-16/h4-11H,1-3H2,(H2,20,23,24). The number of aromatic nitrogens is 4. The number of halogens is 1. The van der Waals surface area contributed by atoms with Crippen LogP contribution in [0.3, 0.4) is 0 Å². The minimum atomic E-state index is -0.448. The zero-order chi connectivity index (χ0) is 17.2. The van der Waals surface area contributed by atoms with E-state index in [0.717, 1.165) is 24.8 Å². The lowest BCUT2D eigenvalue weighted by atomic mass is 9.79. The molecule has 25 heavy (non-hydrogen) atoms. The van der Waals surface area contributed by atoms with Gasteiger partial charge in [0, 0.05) is 35.2 Å². The lowest BCUT2D eigenvalue weighted by molar-refractivity contribution is 0.378. The molecule has 0 bridgehead atoms. The van der Waals surface area contributed by atoms with Crippen molar-refractivity contribution in [2.75, 3.05) is 5.73 Å². The number of hydrogen-bond acceptors (Lipinski definition) is 6. The van der Waals surface area contributed by atoms with Gasteiger partial charge in [0.15, 0.2) is 11.6 Å². The second-order valence-corrected chi connectivity index (χ2v) is 5.98. The molecule has 0 spiro atoms. The lowest BCUT2D eigenvalue weighted by Gasteiger charge is -2.28. The summed E-state index contributed by atoms with van der Waals surface area (Å²) in [4.78, 5) is 15.8. The van der Waals surface area contributed by atoms with Crippen LogP contribution in [0.5, 0.6) is 11.6 Å². The van der Waals surface area contributed by atoms with Crippen molar-refractivity contribution in [3.8, 4) is 22.8 Å². The van der Waals surface area contributed by atoms with E-state index < -0.39 is 5.82 Å². The quantitative estimate of drug-likeness (QED) is 0.781. The molecule has 1 saturated carbocycles. The van der Waals surface area contributed by atoms with Gasteiger partial charge in [-0.25, -0.2) is 24.3 Å². The first-order valence-corrected chi connectivity index (χ1v) is 8.05. The molecule has 0 amide bonds. The van der Waals surface area contributed by atoms with E-state index in [-0.39, 0.29) is 17.4 Å². The highest BCUT2D eigenvalue weighted by Crippen LogP contribution is 2.44. The maximum atomic E-state index is 15.3. The van der Waals surface area contributed by atoms with Crippen molar-refractivity contribution in [1.82, 2.24) is 19.9 Å². The van der Waals surface area contributed by atoms with Crippen LogP contribution in [0, 0.1) is 5.82 Å². The van der Waals surface area contributed by atoms with E-state index in [9.17, 15) is 0 Å². The third-order valence-corrected chi connectivity index (χ3v) is 4.41. The van der Waals surface area contributed by atoms with Crippen LogP contribution in [0.2, 0.25) is 0 Å². The molecule has 2 aromatic heterocycles. The van der Waals surface area contributed by atoms with Crippen molar-refractivity contribution < 1.29 is 9.13 Å². The molecule has 0 radical (unpaired) electrons. The molecule has 1 aliphatic rings. The van der Waals surface area contributed by atoms with Gasteiger partial charge in [0.25, 0.3) is 0 Å². The van der Waals surface area contributed by atoms with E-state index in [1.807, 2.05) is 6.07 Å². The Morgan fingerprint density at radius 3 is 2.56 bits per heavy atom. The minimum absolute atomic E-state index is 0.184. The van der Waals surface area contributed by atoms with Gasteiger partial charge in [0.1, 0.15) is 18.5 Å². The fraction of sp³-hybridized carbons (Fsp3) is 0.222. The van der Waals surface area contributed by atoms with Gasteiger partial charge < -0.3 is 10.5 Å². The van der Waals surface area contributed by atoms with E-state index in [1.54, 1.807) is 18.5 Å². The Morgan fingerprint density at radius 1 is 1.08 bits per heavy atom. The largest absolute Gasteiger partial charge is 0.435 e. The summed E-state index contributed by atoms with van der Waals surface area (Å²) in [5.41, 5.74) is 7.49. The van der Waals surface area contributed by atoms with Crippen LogP contribution in [0.1, 0.15) is 30.7 Å². The molecular formula is C18H16FN5O. The summed E-state index contributed by atoms with van der Waals surface area (Å²) < 4.78 is 21.1. The van der Waals surface area contributed by atoms with Crippen molar-refractivity contribution in [3.05, 3.63) is 54.6 Å². The van der Waals surface area contributed by atoms with Crippen LogP contribution in [-0.2, 0) is 0 Å². The second-order valence-electron chi connectivity index (χ2n) is 5.98. The average molecular weight is 337 g/mol. The van der Waals surface area contributed by atoms with Gasteiger partial charge in [-0.1, -0.05) is 18.6 Å². The van der Waals surface area contributed by atoms with Crippen LogP contribution in [0.25, 0.3) is 11.1 Å². The van der Waals surface area contributed by atoms with Crippen LogP contribution in [0.15, 0.2) is 43.2 Å². The number of ether oxygens (including phenoxy) is 1. The van der Waals surface area contributed by atoms with Gasteiger partial charge in [-0.15, -0.1) is 0 Å². The minimum Gasteiger partial charge on any atom is -0.435 e. The third-order valence-electron chi connectivity index (χ3n) is 4.41. The van der Waals surface area contributed by atoms with Gasteiger partial charge >= 0.3 is 0 Å². The summed E-state index contributed by atoms with van der Waals surface area (Å²) in [6, 6.07) is 5.14. The summed E-state index contributed by atoms with van der Waals surface area (Å²) in [6.07, 6.45) is 9.03. The molecule has 0 aliphatic heterocycles. The van der Waals surface area contributed by atoms with Crippen molar-refractivity contribution in [1.29, 1.82) is 0 Å². The Kier molecular flexibility index (Phi) is 3.97. The molecule has 2 heterocycles.